The van der Waals surface area contributed by atoms with Gasteiger partial charge in [0, 0.05) is 16.5 Å². The van der Waals surface area contributed by atoms with Crippen molar-refractivity contribution < 1.29 is 24.1 Å². The van der Waals surface area contributed by atoms with Crippen molar-refractivity contribution in [3.8, 4) is 28.5 Å². The highest BCUT2D eigenvalue weighted by molar-refractivity contribution is 6.04. The monoisotopic (exact) mass is 380 g/mol. The number of carboxylic acids is 1. The second-order valence-electron chi connectivity index (χ2n) is 6.14. The van der Waals surface area contributed by atoms with Crippen molar-refractivity contribution in [1.29, 1.82) is 0 Å². The van der Waals surface area contributed by atoms with Gasteiger partial charge in [-0.15, -0.1) is 0 Å². The number of nitrogens with zero attached hydrogens (tertiary/aromatic N) is 1. The molecule has 0 saturated heterocycles. The Balaban J connectivity index is 2.17. The minimum atomic E-state index is -1.27. The van der Waals surface area contributed by atoms with Crippen LogP contribution < -0.4 is 19.3 Å². The number of hydrogen-bond donors (Lipinski definition) is 0. The van der Waals surface area contributed by atoms with Gasteiger partial charge in [-0.05, 0) is 43.7 Å². The highest BCUT2D eigenvalue weighted by Crippen LogP contribution is 2.35. The normalized spacial score (nSPS) is 10.7. The van der Waals surface area contributed by atoms with Crippen molar-refractivity contribution in [3.63, 3.8) is 0 Å². The topological polar surface area (TPSA) is 80.7 Å². The lowest BCUT2D eigenvalue weighted by Gasteiger charge is -2.15. The van der Waals surface area contributed by atoms with Gasteiger partial charge in [0.15, 0.2) is 11.5 Å². The molecule has 0 radical (unpaired) electrons. The van der Waals surface area contributed by atoms with Gasteiger partial charge in [0.1, 0.15) is 11.3 Å². The zero-order valence-electron chi connectivity index (χ0n) is 16.2. The standard InChI is InChI=1S/C22H23NO5/c1-4-11-28-18-10-9-14(12-20(18)27-5-2)17-13-16(22(24)25)15-7-6-8-19(26-3)21(15)23-17/h6-10,12-13H,4-5,11H2,1-3H3,(H,24,25)/p-1. The van der Waals surface area contributed by atoms with Crippen LogP contribution in [-0.2, 0) is 0 Å². The SMILES string of the molecule is CCCOc1ccc(-c2cc(C(=O)[O-])c3cccc(OC)c3n2)cc1OCC. The van der Waals surface area contributed by atoms with E-state index < -0.39 is 5.97 Å². The number of carbonyl (C=O) groups excluding carboxylic acids is 1. The number of aromatic nitrogens is 1. The van der Waals surface area contributed by atoms with Gasteiger partial charge in [-0.3, -0.25) is 0 Å². The van der Waals surface area contributed by atoms with Crippen molar-refractivity contribution in [2.75, 3.05) is 20.3 Å². The fourth-order valence-corrected chi connectivity index (χ4v) is 2.97. The molecule has 2 aromatic carbocycles. The summed E-state index contributed by atoms with van der Waals surface area (Å²) in [5, 5.41) is 12.2. The van der Waals surface area contributed by atoms with Crippen molar-refractivity contribution in [3.05, 3.63) is 48.0 Å². The van der Waals surface area contributed by atoms with Gasteiger partial charge in [0.05, 0.1) is 32.0 Å². The molecular weight excluding hydrogens is 358 g/mol. The van der Waals surface area contributed by atoms with Crippen LogP contribution in [-0.4, -0.2) is 31.3 Å². The molecule has 3 rings (SSSR count). The lowest BCUT2D eigenvalue weighted by molar-refractivity contribution is -0.254. The van der Waals surface area contributed by atoms with Crippen LogP contribution >= 0.6 is 0 Å². The second kappa shape index (κ2) is 8.61. The predicted octanol–water partition coefficient (Wildman–Crippen LogP) is 3.46. The van der Waals surface area contributed by atoms with Gasteiger partial charge in [-0.2, -0.15) is 0 Å². The molecule has 0 N–H and O–H groups in total. The van der Waals surface area contributed by atoms with Crippen LogP contribution in [0.3, 0.4) is 0 Å². The third-order valence-corrected chi connectivity index (χ3v) is 4.24. The summed E-state index contributed by atoms with van der Waals surface area (Å²) in [5.74, 6) is 0.459. The predicted molar refractivity (Wildman–Crippen MR) is 105 cm³/mol. The number of hydrogen-bond acceptors (Lipinski definition) is 6. The lowest BCUT2D eigenvalue weighted by atomic mass is 10.0. The molecule has 0 fully saturated rings. The number of benzene rings is 2. The zero-order chi connectivity index (χ0) is 20.1. The average molecular weight is 380 g/mol. The Bertz CT molecular complexity index is 1000. The van der Waals surface area contributed by atoms with E-state index in [2.05, 4.69) is 4.98 Å². The van der Waals surface area contributed by atoms with Crippen molar-refractivity contribution in [2.45, 2.75) is 20.3 Å². The first-order valence-corrected chi connectivity index (χ1v) is 9.18. The van der Waals surface area contributed by atoms with E-state index in [0.717, 1.165) is 6.42 Å². The number of ether oxygens (including phenoxy) is 3. The van der Waals surface area contributed by atoms with Crippen LogP contribution in [0.4, 0.5) is 0 Å². The van der Waals surface area contributed by atoms with E-state index >= 15 is 0 Å². The molecule has 1 aromatic heterocycles. The number of para-hydroxylation sites is 1. The molecule has 6 nitrogen and oxygen atoms in total. The van der Waals surface area contributed by atoms with E-state index in [-0.39, 0.29) is 5.56 Å². The van der Waals surface area contributed by atoms with Gasteiger partial charge in [0.25, 0.3) is 0 Å². The van der Waals surface area contributed by atoms with Gasteiger partial charge in [-0.1, -0.05) is 19.1 Å². The van der Waals surface area contributed by atoms with E-state index in [0.29, 0.717) is 52.6 Å². The Hall–Kier alpha value is -3.28. The van der Waals surface area contributed by atoms with E-state index in [1.54, 1.807) is 24.3 Å². The second-order valence-corrected chi connectivity index (χ2v) is 6.14. The summed E-state index contributed by atoms with van der Waals surface area (Å²) in [6.07, 6.45) is 0.883. The van der Waals surface area contributed by atoms with Crippen molar-refractivity contribution in [2.24, 2.45) is 0 Å². The third kappa shape index (κ3) is 3.86. The summed E-state index contributed by atoms with van der Waals surface area (Å²) in [6, 6.07) is 12.1. The maximum atomic E-state index is 11.7. The van der Waals surface area contributed by atoms with Crippen LogP contribution in [0.5, 0.6) is 17.2 Å². The van der Waals surface area contributed by atoms with Gasteiger partial charge < -0.3 is 24.1 Å². The Morgan fingerprint density at radius 1 is 1.04 bits per heavy atom. The molecule has 0 bridgehead atoms. The number of pyridine rings is 1. The van der Waals surface area contributed by atoms with Crippen molar-refractivity contribution >= 4 is 16.9 Å². The number of fused-ring (bicyclic) bond motifs is 1. The molecule has 0 amide bonds. The van der Waals surface area contributed by atoms with E-state index in [1.807, 2.05) is 26.0 Å². The first-order valence-electron chi connectivity index (χ1n) is 9.18. The van der Waals surface area contributed by atoms with E-state index in [9.17, 15) is 9.90 Å². The Kier molecular flexibility index (Phi) is 5.99. The van der Waals surface area contributed by atoms with Gasteiger partial charge in [0.2, 0.25) is 0 Å². The highest BCUT2D eigenvalue weighted by Gasteiger charge is 2.14. The molecule has 0 spiro atoms. The van der Waals surface area contributed by atoms with E-state index in [1.165, 1.54) is 13.2 Å². The largest absolute Gasteiger partial charge is 0.545 e. The van der Waals surface area contributed by atoms with Crippen LogP contribution in [0.25, 0.3) is 22.2 Å². The molecule has 0 aliphatic carbocycles. The van der Waals surface area contributed by atoms with Gasteiger partial charge >= 0.3 is 0 Å². The minimum absolute atomic E-state index is 0.0585. The molecule has 28 heavy (non-hydrogen) atoms. The molecule has 6 heteroatoms. The van der Waals surface area contributed by atoms with Crippen LogP contribution in [0.1, 0.15) is 30.6 Å². The number of aromatic carboxylic acids is 1. The molecule has 0 atom stereocenters. The summed E-state index contributed by atoms with van der Waals surface area (Å²) < 4.78 is 16.8. The average Bonchev–Trinajstić information content (AvgIpc) is 2.71. The van der Waals surface area contributed by atoms with Gasteiger partial charge in [-0.25, -0.2) is 4.98 Å². The number of methoxy groups -OCH3 is 1. The number of carbonyl (C=O) groups is 1. The van der Waals surface area contributed by atoms with Crippen molar-refractivity contribution in [1.82, 2.24) is 4.98 Å². The first-order chi connectivity index (χ1) is 13.6. The van der Waals surface area contributed by atoms with Crippen LogP contribution in [0.15, 0.2) is 42.5 Å². The first kappa shape index (κ1) is 19.5. The maximum Gasteiger partial charge on any atom is 0.161 e. The molecule has 3 aromatic rings. The molecule has 0 aliphatic heterocycles. The van der Waals surface area contributed by atoms with Crippen LogP contribution in [0.2, 0.25) is 0 Å². The maximum absolute atomic E-state index is 11.7. The van der Waals surface area contributed by atoms with E-state index in [4.69, 9.17) is 14.2 Å². The third-order valence-electron chi connectivity index (χ3n) is 4.24. The Morgan fingerprint density at radius 2 is 1.86 bits per heavy atom. The van der Waals surface area contributed by atoms with Crippen LogP contribution in [0, 0.1) is 0 Å². The lowest BCUT2D eigenvalue weighted by Crippen LogP contribution is -2.22. The molecule has 0 unspecified atom stereocenters. The molecule has 0 aliphatic rings. The molecular formula is C22H22NO5-. The smallest absolute Gasteiger partial charge is 0.161 e. The Labute approximate surface area is 163 Å². The number of carboxylic acid groups (broad SMARTS) is 1. The fraction of sp³-hybridized carbons (Fsp3) is 0.273. The highest BCUT2D eigenvalue weighted by atomic mass is 16.5. The fourth-order valence-electron chi connectivity index (χ4n) is 2.97. The molecule has 1 heterocycles. The summed E-state index contributed by atoms with van der Waals surface area (Å²) in [5.41, 5.74) is 1.72. The Morgan fingerprint density at radius 3 is 2.54 bits per heavy atom. The summed E-state index contributed by atoms with van der Waals surface area (Å²) in [4.78, 5) is 16.4. The zero-order valence-corrected chi connectivity index (χ0v) is 16.2. The number of rotatable bonds is 8. The summed E-state index contributed by atoms with van der Waals surface area (Å²) in [7, 11) is 1.52. The molecule has 146 valence electrons. The minimum Gasteiger partial charge on any atom is -0.545 e. The summed E-state index contributed by atoms with van der Waals surface area (Å²) >= 11 is 0. The quantitative estimate of drug-likeness (QED) is 0.595. The summed E-state index contributed by atoms with van der Waals surface area (Å²) in [6.45, 7) is 4.99. The molecule has 0 saturated carbocycles.